The minimum Gasteiger partial charge on any atom is -0.476 e. The van der Waals surface area contributed by atoms with E-state index < -0.39 is 5.97 Å². The molecule has 0 spiro atoms. The van der Waals surface area contributed by atoms with Gasteiger partial charge in [0.15, 0.2) is 0 Å². The zero-order valence-electron chi connectivity index (χ0n) is 9.88. The van der Waals surface area contributed by atoms with Gasteiger partial charge in [-0.15, -0.1) is 11.3 Å². The van der Waals surface area contributed by atoms with Crippen LogP contribution in [0.5, 0.6) is 0 Å². The van der Waals surface area contributed by atoms with Crippen LogP contribution in [0.4, 0.5) is 0 Å². The van der Waals surface area contributed by atoms with Gasteiger partial charge in [-0.1, -0.05) is 0 Å². The summed E-state index contributed by atoms with van der Waals surface area (Å²) in [5, 5.41) is 10.4. The van der Waals surface area contributed by atoms with Gasteiger partial charge in [0, 0.05) is 16.8 Å². The van der Waals surface area contributed by atoms with Crippen molar-refractivity contribution in [2.24, 2.45) is 0 Å². The van der Waals surface area contributed by atoms with Crippen LogP contribution in [0, 0.1) is 13.8 Å². The third-order valence-electron chi connectivity index (χ3n) is 2.40. The standard InChI is InChI=1S/C11H11N3O3S/c1-6-3-7(2)14(11(17)12-6)4-8-5-18-9(13-8)10(15)16/h3,5H,4H2,1-2H3,(H,15,16). The molecule has 0 bridgehead atoms. The molecule has 0 aromatic carbocycles. The lowest BCUT2D eigenvalue weighted by Gasteiger charge is -2.07. The van der Waals surface area contributed by atoms with E-state index >= 15 is 0 Å². The average Bonchev–Trinajstić information content (AvgIpc) is 2.71. The molecule has 0 unspecified atom stereocenters. The minimum absolute atomic E-state index is 0.0239. The molecule has 7 heteroatoms. The van der Waals surface area contributed by atoms with Crippen molar-refractivity contribution < 1.29 is 9.90 Å². The van der Waals surface area contributed by atoms with Gasteiger partial charge >= 0.3 is 11.7 Å². The number of hydrogen-bond acceptors (Lipinski definition) is 5. The molecule has 2 heterocycles. The number of nitrogens with zero attached hydrogens (tertiary/aromatic N) is 3. The number of carboxylic acid groups (broad SMARTS) is 1. The molecule has 1 N–H and O–H groups in total. The Morgan fingerprint density at radius 3 is 2.72 bits per heavy atom. The summed E-state index contributed by atoms with van der Waals surface area (Å²) in [6.45, 7) is 3.80. The first-order valence-electron chi connectivity index (χ1n) is 5.20. The highest BCUT2D eigenvalue weighted by molar-refractivity contribution is 7.11. The van der Waals surface area contributed by atoms with Crippen LogP contribution in [0.3, 0.4) is 0 Å². The Hall–Kier alpha value is -2.02. The van der Waals surface area contributed by atoms with Crippen molar-refractivity contribution in [3.05, 3.63) is 44.0 Å². The van der Waals surface area contributed by atoms with Crippen LogP contribution in [0.2, 0.25) is 0 Å². The number of hydrogen-bond donors (Lipinski definition) is 1. The fraction of sp³-hybridized carbons (Fsp3) is 0.273. The number of rotatable bonds is 3. The first-order chi connectivity index (χ1) is 8.47. The van der Waals surface area contributed by atoms with Crippen molar-refractivity contribution in [1.82, 2.24) is 14.5 Å². The predicted molar refractivity (Wildman–Crippen MR) is 66.1 cm³/mol. The van der Waals surface area contributed by atoms with Crippen LogP contribution in [0.25, 0.3) is 0 Å². The van der Waals surface area contributed by atoms with Crippen molar-refractivity contribution in [1.29, 1.82) is 0 Å². The zero-order chi connectivity index (χ0) is 13.3. The number of thiazole rings is 1. The molecule has 18 heavy (non-hydrogen) atoms. The summed E-state index contributed by atoms with van der Waals surface area (Å²) in [5.74, 6) is -1.06. The van der Waals surface area contributed by atoms with Crippen LogP contribution in [0.15, 0.2) is 16.2 Å². The Balaban J connectivity index is 2.34. The van der Waals surface area contributed by atoms with Gasteiger partial charge in [0.1, 0.15) is 0 Å². The van der Waals surface area contributed by atoms with E-state index in [2.05, 4.69) is 9.97 Å². The van der Waals surface area contributed by atoms with E-state index in [1.807, 2.05) is 0 Å². The molecule has 2 rings (SSSR count). The summed E-state index contributed by atoms with van der Waals surface area (Å²) in [6.07, 6.45) is 0. The van der Waals surface area contributed by atoms with E-state index in [4.69, 9.17) is 5.11 Å². The molecule has 2 aromatic heterocycles. The molecule has 0 aliphatic heterocycles. The Labute approximate surface area is 107 Å². The van der Waals surface area contributed by atoms with Gasteiger partial charge in [-0.3, -0.25) is 4.57 Å². The molecule has 0 aliphatic rings. The molecular formula is C11H11N3O3S. The van der Waals surface area contributed by atoms with E-state index in [0.29, 0.717) is 11.4 Å². The van der Waals surface area contributed by atoms with Gasteiger partial charge in [0.2, 0.25) is 5.01 Å². The van der Waals surface area contributed by atoms with E-state index in [0.717, 1.165) is 17.0 Å². The topological polar surface area (TPSA) is 85.1 Å². The second kappa shape index (κ2) is 4.69. The molecule has 0 amide bonds. The SMILES string of the molecule is Cc1cc(C)n(Cc2csc(C(=O)O)n2)c(=O)n1. The highest BCUT2D eigenvalue weighted by Crippen LogP contribution is 2.11. The van der Waals surface area contributed by atoms with Gasteiger partial charge in [-0.25, -0.2) is 14.6 Å². The third kappa shape index (κ3) is 2.45. The highest BCUT2D eigenvalue weighted by Gasteiger charge is 2.11. The Morgan fingerprint density at radius 1 is 1.44 bits per heavy atom. The lowest BCUT2D eigenvalue weighted by Crippen LogP contribution is -2.26. The number of carboxylic acids is 1. The number of aryl methyl sites for hydroxylation is 2. The summed E-state index contributed by atoms with van der Waals surface area (Å²) >= 11 is 1.05. The van der Waals surface area contributed by atoms with Crippen LogP contribution >= 0.6 is 11.3 Å². The Kier molecular flexibility index (Phi) is 3.24. The number of carbonyl (C=O) groups is 1. The average molecular weight is 265 g/mol. The quantitative estimate of drug-likeness (QED) is 0.897. The first-order valence-corrected chi connectivity index (χ1v) is 6.08. The molecule has 0 saturated heterocycles. The summed E-state index contributed by atoms with van der Waals surface area (Å²) in [6, 6.07) is 1.80. The predicted octanol–water partition coefficient (Wildman–Crippen LogP) is 1.06. The smallest absolute Gasteiger partial charge is 0.365 e. The Morgan fingerprint density at radius 2 is 2.17 bits per heavy atom. The van der Waals surface area contributed by atoms with E-state index in [1.165, 1.54) is 4.57 Å². The molecule has 0 fully saturated rings. The molecule has 0 atom stereocenters. The molecule has 0 aliphatic carbocycles. The van der Waals surface area contributed by atoms with E-state index in [1.54, 1.807) is 25.3 Å². The Bertz CT molecular complexity index is 660. The number of aromatic carboxylic acids is 1. The maximum Gasteiger partial charge on any atom is 0.365 e. The van der Waals surface area contributed by atoms with Crippen molar-refractivity contribution in [3.8, 4) is 0 Å². The lowest BCUT2D eigenvalue weighted by molar-refractivity contribution is 0.0696. The molecule has 6 nitrogen and oxygen atoms in total. The fourth-order valence-corrected chi connectivity index (χ4v) is 2.25. The van der Waals surface area contributed by atoms with E-state index in [9.17, 15) is 9.59 Å². The molecular weight excluding hydrogens is 254 g/mol. The number of aromatic nitrogens is 3. The minimum atomic E-state index is -1.06. The monoisotopic (exact) mass is 265 g/mol. The van der Waals surface area contributed by atoms with Gasteiger partial charge in [-0.2, -0.15) is 4.98 Å². The molecule has 0 radical (unpaired) electrons. The van der Waals surface area contributed by atoms with Crippen LogP contribution < -0.4 is 5.69 Å². The first kappa shape index (κ1) is 12.4. The van der Waals surface area contributed by atoms with Crippen molar-refractivity contribution in [3.63, 3.8) is 0 Å². The van der Waals surface area contributed by atoms with Crippen molar-refractivity contribution in [2.45, 2.75) is 20.4 Å². The molecule has 94 valence electrons. The van der Waals surface area contributed by atoms with Gasteiger partial charge in [0.05, 0.1) is 12.2 Å². The highest BCUT2D eigenvalue weighted by atomic mass is 32.1. The largest absolute Gasteiger partial charge is 0.476 e. The second-order valence-corrected chi connectivity index (χ2v) is 4.71. The van der Waals surface area contributed by atoms with Crippen molar-refractivity contribution in [2.75, 3.05) is 0 Å². The molecule has 0 saturated carbocycles. The third-order valence-corrected chi connectivity index (χ3v) is 3.28. The van der Waals surface area contributed by atoms with Crippen molar-refractivity contribution >= 4 is 17.3 Å². The zero-order valence-corrected chi connectivity index (χ0v) is 10.7. The van der Waals surface area contributed by atoms with Crippen LogP contribution in [0.1, 0.15) is 26.9 Å². The summed E-state index contributed by atoms with van der Waals surface area (Å²) in [4.78, 5) is 30.2. The second-order valence-electron chi connectivity index (χ2n) is 3.86. The lowest BCUT2D eigenvalue weighted by atomic mass is 10.3. The van der Waals surface area contributed by atoms with E-state index in [-0.39, 0.29) is 17.2 Å². The summed E-state index contributed by atoms with van der Waals surface area (Å²) < 4.78 is 1.47. The van der Waals surface area contributed by atoms with Gasteiger partial charge < -0.3 is 5.11 Å². The van der Waals surface area contributed by atoms with Crippen LogP contribution in [-0.2, 0) is 6.54 Å². The molecule has 2 aromatic rings. The maximum absolute atomic E-state index is 11.7. The maximum atomic E-state index is 11.7. The van der Waals surface area contributed by atoms with Crippen LogP contribution in [-0.4, -0.2) is 25.6 Å². The normalized spacial score (nSPS) is 10.6. The van der Waals surface area contributed by atoms with Gasteiger partial charge in [-0.05, 0) is 19.9 Å². The fourth-order valence-electron chi connectivity index (χ4n) is 1.61. The van der Waals surface area contributed by atoms with Gasteiger partial charge in [0.25, 0.3) is 0 Å². The summed E-state index contributed by atoms with van der Waals surface area (Å²) in [7, 11) is 0. The summed E-state index contributed by atoms with van der Waals surface area (Å²) in [5.41, 5.74) is 1.64.